The molecule has 33 heavy (non-hydrogen) atoms. The van der Waals surface area contributed by atoms with Gasteiger partial charge in [-0.25, -0.2) is 4.98 Å². The minimum absolute atomic E-state index is 0.101. The molecule has 0 aliphatic carbocycles. The van der Waals surface area contributed by atoms with Crippen molar-refractivity contribution in [2.75, 3.05) is 26.9 Å². The summed E-state index contributed by atoms with van der Waals surface area (Å²) in [6.45, 7) is 1.45. The van der Waals surface area contributed by atoms with E-state index >= 15 is 0 Å². The molecule has 0 saturated heterocycles. The van der Waals surface area contributed by atoms with Crippen molar-refractivity contribution in [3.63, 3.8) is 0 Å². The standard InChI is InChI=1S/C25H22BrClN2O4/c1-31-19-9-6-17(7-10-19)24-28-22-5-3-2-4-20(22)25(30)29(24)12-13-32-14-15-33-23-11-8-18(27)16-21(23)26/h2-11,16H,12-15H2,1H3. The van der Waals surface area contributed by atoms with E-state index in [2.05, 4.69) is 15.9 Å². The highest BCUT2D eigenvalue weighted by Gasteiger charge is 2.13. The Balaban J connectivity index is 1.46. The lowest BCUT2D eigenvalue weighted by Gasteiger charge is -2.14. The van der Waals surface area contributed by atoms with Gasteiger partial charge in [-0.15, -0.1) is 0 Å². The van der Waals surface area contributed by atoms with Gasteiger partial charge in [0.2, 0.25) is 0 Å². The van der Waals surface area contributed by atoms with Crippen molar-refractivity contribution in [1.82, 2.24) is 9.55 Å². The van der Waals surface area contributed by atoms with Gasteiger partial charge >= 0.3 is 0 Å². The van der Waals surface area contributed by atoms with Crippen LogP contribution in [-0.4, -0.2) is 36.5 Å². The summed E-state index contributed by atoms with van der Waals surface area (Å²) in [5.74, 6) is 2.02. The normalized spacial score (nSPS) is 11.0. The number of rotatable bonds is 9. The second kappa shape index (κ2) is 10.8. The number of hydrogen-bond acceptors (Lipinski definition) is 5. The largest absolute Gasteiger partial charge is 0.497 e. The Kier molecular flexibility index (Phi) is 7.65. The van der Waals surface area contributed by atoms with E-state index in [0.717, 1.165) is 15.8 Å². The number of benzene rings is 3. The van der Waals surface area contributed by atoms with Crippen molar-refractivity contribution in [1.29, 1.82) is 0 Å². The van der Waals surface area contributed by atoms with Gasteiger partial charge in [0.25, 0.3) is 5.56 Å². The van der Waals surface area contributed by atoms with Gasteiger partial charge in [0.1, 0.15) is 23.9 Å². The molecule has 0 aliphatic heterocycles. The lowest BCUT2D eigenvalue weighted by atomic mass is 10.1. The van der Waals surface area contributed by atoms with Crippen LogP contribution in [0.15, 0.2) is 76.0 Å². The number of hydrogen-bond donors (Lipinski definition) is 0. The van der Waals surface area contributed by atoms with E-state index in [0.29, 0.717) is 53.9 Å². The van der Waals surface area contributed by atoms with Crippen LogP contribution >= 0.6 is 27.5 Å². The van der Waals surface area contributed by atoms with Gasteiger partial charge in [0, 0.05) is 10.6 Å². The lowest BCUT2D eigenvalue weighted by molar-refractivity contribution is 0.0938. The highest BCUT2D eigenvalue weighted by Crippen LogP contribution is 2.28. The zero-order valence-corrected chi connectivity index (χ0v) is 20.3. The summed E-state index contributed by atoms with van der Waals surface area (Å²) in [6.07, 6.45) is 0. The number of nitrogens with zero attached hydrogens (tertiary/aromatic N) is 2. The van der Waals surface area contributed by atoms with Gasteiger partial charge in [0.05, 0.1) is 42.2 Å². The van der Waals surface area contributed by atoms with Crippen molar-refractivity contribution < 1.29 is 14.2 Å². The molecule has 170 valence electrons. The van der Waals surface area contributed by atoms with Crippen molar-refractivity contribution in [3.8, 4) is 22.9 Å². The van der Waals surface area contributed by atoms with Crippen LogP contribution in [0.25, 0.3) is 22.3 Å². The van der Waals surface area contributed by atoms with Crippen LogP contribution in [0.2, 0.25) is 5.02 Å². The highest BCUT2D eigenvalue weighted by molar-refractivity contribution is 9.10. The van der Waals surface area contributed by atoms with Gasteiger partial charge in [-0.3, -0.25) is 9.36 Å². The average molecular weight is 530 g/mol. The van der Waals surface area contributed by atoms with E-state index in [9.17, 15) is 4.79 Å². The fourth-order valence-electron chi connectivity index (χ4n) is 3.40. The Morgan fingerprint density at radius 3 is 2.55 bits per heavy atom. The highest BCUT2D eigenvalue weighted by atomic mass is 79.9. The van der Waals surface area contributed by atoms with Crippen molar-refractivity contribution >= 4 is 38.4 Å². The maximum atomic E-state index is 13.2. The molecule has 0 bridgehead atoms. The SMILES string of the molecule is COc1ccc(-c2nc3ccccc3c(=O)n2CCOCCOc2ccc(Cl)cc2Br)cc1. The van der Waals surface area contributed by atoms with Crippen LogP contribution in [0.4, 0.5) is 0 Å². The quantitative estimate of drug-likeness (QED) is 0.265. The first-order chi connectivity index (χ1) is 16.1. The Bertz CT molecular complexity index is 1310. The van der Waals surface area contributed by atoms with Crippen LogP contribution in [0, 0.1) is 0 Å². The van der Waals surface area contributed by atoms with E-state index in [1.54, 1.807) is 35.9 Å². The number of ether oxygens (including phenoxy) is 3. The molecule has 1 aromatic heterocycles. The van der Waals surface area contributed by atoms with Crippen LogP contribution in [0.5, 0.6) is 11.5 Å². The summed E-state index contributed by atoms with van der Waals surface area (Å²) in [5.41, 5.74) is 1.39. The summed E-state index contributed by atoms with van der Waals surface area (Å²) in [5, 5.41) is 1.21. The number of fused-ring (bicyclic) bond motifs is 1. The third-order valence-corrected chi connectivity index (χ3v) is 5.90. The molecule has 4 rings (SSSR count). The van der Waals surface area contributed by atoms with Gasteiger partial charge in [-0.1, -0.05) is 23.7 Å². The van der Waals surface area contributed by atoms with Crippen LogP contribution < -0.4 is 15.0 Å². The summed E-state index contributed by atoms with van der Waals surface area (Å²) in [7, 11) is 1.62. The second-order valence-corrected chi connectivity index (χ2v) is 8.46. The van der Waals surface area contributed by atoms with Gasteiger partial charge in [-0.05, 0) is 70.5 Å². The van der Waals surface area contributed by atoms with E-state index in [1.807, 2.05) is 42.5 Å². The molecule has 0 atom stereocenters. The van der Waals surface area contributed by atoms with E-state index in [-0.39, 0.29) is 5.56 Å². The molecular weight excluding hydrogens is 508 g/mol. The van der Waals surface area contributed by atoms with E-state index in [1.165, 1.54) is 0 Å². The van der Waals surface area contributed by atoms with E-state index in [4.69, 9.17) is 30.8 Å². The summed E-state index contributed by atoms with van der Waals surface area (Å²) in [4.78, 5) is 18.0. The fraction of sp³-hybridized carbons (Fsp3) is 0.200. The van der Waals surface area contributed by atoms with E-state index < -0.39 is 0 Å². The maximum Gasteiger partial charge on any atom is 0.261 e. The number of halogens is 2. The monoisotopic (exact) mass is 528 g/mol. The third-order valence-electron chi connectivity index (χ3n) is 5.05. The van der Waals surface area contributed by atoms with Crippen LogP contribution in [0.1, 0.15) is 0 Å². The molecule has 0 radical (unpaired) electrons. The molecule has 8 heteroatoms. The first-order valence-corrected chi connectivity index (χ1v) is 11.5. The summed E-state index contributed by atoms with van der Waals surface area (Å²) in [6, 6.07) is 20.2. The molecule has 4 aromatic rings. The van der Waals surface area contributed by atoms with Gasteiger partial charge in [0.15, 0.2) is 0 Å². The molecular formula is C25H22BrClN2O4. The third kappa shape index (κ3) is 5.55. The Morgan fingerprint density at radius 2 is 1.79 bits per heavy atom. The fourth-order valence-corrected chi connectivity index (χ4v) is 4.19. The topological polar surface area (TPSA) is 62.6 Å². The zero-order chi connectivity index (χ0) is 23.2. The minimum atomic E-state index is -0.101. The lowest BCUT2D eigenvalue weighted by Crippen LogP contribution is -2.26. The number of para-hydroxylation sites is 1. The molecule has 3 aromatic carbocycles. The Labute approximate surface area is 204 Å². The predicted octanol–water partition coefficient (Wildman–Crippen LogP) is 5.58. The van der Waals surface area contributed by atoms with Crippen molar-refractivity contribution in [2.45, 2.75) is 6.54 Å². The van der Waals surface area contributed by atoms with Crippen molar-refractivity contribution in [2.24, 2.45) is 0 Å². The van der Waals surface area contributed by atoms with Gasteiger partial charge < -0.3 is 14.2 Å². The molecule has 0 fully saturated rings. The average Bonchev–Trinajstić information content (AvgIpc) is 2.83. The predicted molar refractivity (Wildman–Crippen MR) is 133 cm³/mol. The molecule has 0 amide bonds. The van der Waals surface area contributed by atoms with Crippen LogP contribution in [-0.2, 0) is 11.3 Å². The first kappa shape index (κ1) is 23.3. The number of methoxy groups -OCH3 is 1. The summed E-state index contributed by atoms with van der Waals surface area (Å²) >= 11 is 9.37. The molecule has 1 heterocycles. The number of aromatic nitrogens is 2. The molecule has 6 nitrogen and oxygen atoms in total. The van der Waals surface area contributed by atoms with Gasteiger partial charge in [-0.2, -0.15) is 0 Å². The van der Waals surface area contributed by atoms with Crippen molar-refractivity contribution in [3.05, 3.63) is 86.6 Å². The molecule has 0 unspecified atom stereocenters. The molecule has 0 spiro atoms. The zero-order valence-electron chi connectivity index (χ0n) is 18.0. The Morgan fingerprint density at radius 1 is 1.00 bits per heavy atom. The summed E-state index contributed by atoms with van der Waals surface area (Å²) < 4.78 is 19.1. The molecule has 0 N–H and O–H groups in total. The first-order valence-electron chi connectivity index (χ1n) is 10.4. The second-order valence-electron chi connectivity index (χ2n) is 7.17. The maximum absolute atomic E-state index is 13.2. The molecule has 0 saturated carbocycles. The molecule has 0 aliphatic rings. The van der Waals surface area contributed by atoms with Crippen LogP contribution in [0.3, 0.4) is 0 Å². The Hall–Kier alpha value is -2.87. The minimum Gasteiger partial charge on any atom is -0.497 e. The smallest absolute Gasteiger partial charge is 0.261 e.